The van der Waals surface area contributed by atoms with Gasteiger partial charge in [0, 0.05) is 12.6 Å². The average molecular weight is 169 g/mol. The Balaban J connectivity index is 1.99. The van der Waals surface area contributed by atoms with Gasteiger partial charge in [-0.1, -0.05) is 6.42 Å². The van der Waals surface area contributed by atoms with E-state index >= 15 is 0 Å². The monoisotopic (exact) mass is 169 g/mol. The van der Waals surface area contributed by atoms with Crippen LogP contribution in [-0.4, -0.2) is 35.7 Å². The molecule has 2 heterocycles. The van der Waals surface area contributed by atoms with Crippen LogP contribution < -0.4 is 0 Å². The van der Waals surface area contributed by atoms with E-state index in [0.717, 1.165) is 6.04 Å². The number of fused-ring (bicyclic) bond motifs is 1. The molecular formula is C10H19NO. The zero-order chi connectivity index (χ0) is 8.39. The second-order valence-electron chi connectivity index (χ2n) is 4.18. The number of piperidine rings is 2. The smallest absolute Gasteiger partial charge is 0.0474 e. The third-order valence-corrected chi connectivity index (χ3v) is 3.46. The predicted octanol–water partition coefficient (Wildman–Crippen LogP) is 1.24. The Hall–Kier alpha value is -0.0800. The van der Waals surface area contributed by atoms with Gasteiger partial charge in [-0.05, 0) is 44.7 Å². The molecule has 0 aliphatic carbocycles. The van der Waals surface area contributed by atoms with Crippen molar-refractivity contribution in [1.82, 2.24) is 4.90 Å². The van der Waals surface area contributed by atoms with Gasteiger partial charge in [-0.25, -0.2) is 0 Å². The van der Waals surface area contributed by atoms with Crippen LogP contribution in [0.4, 0.5) is 0 Å². The molecular weight excluding hydrogens is 150 g/mol. The number of nitrogens with zero attached hydrogens (tertiary/aromatic N) is 1. The number of hydrogen-bond acceptors (Lipinski definition) is 2. The molecule has 0 saturated carbocycles. The number of aliphatic hydroxyl groups is 1. The minimum Gasteiger partial charge on any atom is -0.396 e. The van der Waals surface area contributed by atoms with Gasteiger partial charge >= 0.3 is 0 Å². The molecule has 0 unspecified atom stereocenters. The van der Waals surface area contributed by atoms with Crippen molar-refractivity contribution in [3.05, 3.63) is 0 Å². The van der Waals surface area contributed by atoms with Gasteiger partial charge in [0.1, 0.15) is 0 Å². The third kappa shape index (κ3) is 1.50. The molecule has 0 aromatic carbocycles. The topological polar surface area (TPSA) is 23.5 Å². The van der Waals surface area contributed by atoms with Crippen molar-refractivity contribution in [2.45, 2.75) is 38.1 Å². The van der Waals surface area contributed by atoms with Gasteiger partial charge < -0.3 is 10.0 Å². The van der Waals surface area contributed by atoms with Crippen LogP contribution in [0.5, 0.6) is 0 Å². The van der Waals surface area contributed by atoms with Gasteiger partial charge in [-0.2, -0.15) is 0 Å². The van der Waals surface area contributed by atoms with Crippen LogP contribution in [0.2, 0.25) is 0 Å². The second-order valence-corrected chi connectivity index (χ2v) is 4.18. The Morgan fingerprint density at radius 1 is 1.08 bits per heavy atom. The van der Waals surface area contributed by atoms with Crippen LogP contribution in [0.1, 0.15) is 32.1 Å². The van der Waals surface area contributed by atoms with Crippen molar-refractivity contribution >= 4 is 0 Å². The first-order valence-corrected chi connectivity index (χ1v) is 5.26. The van der Waals surface area contributed by atoms with Crippen LogP contribution in [-0.2, 0) is 0 Å². The van der Waals surface area contributed by atoms with Crippen LogP contribution >= 0.6 is 0 Å². The maximum Gasteiger partial charge on any atom is 0.0474 e. The van der Waals surface area contributed by atoms with Crippen molar-refractivity contribution in [2.75, 3.05) is 19.7 Å². The summed E-state index contributed by atoms with van der Waals surface area (Å²) in [6, 6.07) is 0.720. The van der Waals surface area contributed by atoms with Crippen molar-refractivity contribution in [2.24, 2.45) is 5.92 Å². The first-order valence-electron chi connectivity index (χ1n) is 5.26. The molecule has 0 aromatic heterocycles. The molecule has 2 atom stereocenters. The molecule has 70 valence electrons. The van der Waals surface area contributed by atoms with Crippen LogP contribution in [0.3, 0.4) is 0 Å². The van der Waals surface area contributed by atoms with Crippen LogP contribution in [0.25, 0.3) is 0 Å². The Morgan fingerprint density at radius 3 is 2.75 bits per heavy atom. The largest absolute Gasteiger partial charge is 0.396 e. The number of aliphatic hydroxyl groups excluding tert-OH is 1. The lowest BCUT2D eigenvalue weighted by Gasteiger charge is -2.43. The zero-order valence-electron chi connectivity index (χ0n) is 7.71. The van der Waals surface area contributed by atoms with Crippen molar-refractivity contribution in [1.29, 1.82) is 0 Å². The summed E-state index contributed by atoms with van der Waals surface area (Å²) in [7, 11) is 0. The van der Waals surface area contributed by atoms with E-state index in [0.29, 0.717) is 12.5 Å². The quantitative estimate of drug-likeness (QED) is 0.638. The van der Waals surface area contributed by atoms with Gasteiger partial charge in [0.2, 0.25) is 0 Å². The average Bonchev–Trinajstić information content (AvgIpc) is 2.17. The predicted molar refractivity (Wildman–Crippen MR) is 49.0 cm³/mol. The summed E-state index contributed by atoms with van der Waals surface area (Å²) in [4.78, 5) is 2.59. The number of hydrogen-bond donors (Lipinski definition) is 1. The highest BCUT2D eigenvalue weighted by Gasteiger charge is 2.32. The molecule has 2 heteroatoms. The van der Waals surface area contributed by atoms with Crippen LogP contribution in [0, 0.1) is 5.92 Å². The highest BCUT2D eigenvalue weighted by molar-refractivity contribution is 4.86. The summed E-state index contributed by atoms with van der Waals surface area (Å²) in [5.41, 5.74) is 0. The minimum atomic E-state index is 0.404. The summed E-state index contributed by atoms with van der Waals surface area (Å²) in [5.74, 6) is 0.582. The fourth-order valence-corrected chi connectivity index (χ4v) is 2.79. The van der Waals surface area contributed by atoms with Gasteiger partial charge in [-0.3, -0.25) is 0 Å². The highest BCUT2D eigenvalue weighted by Crippen LogP contribution is 2.30. The first-order chi connectivity index (χ1) is 5.92. The summed E-state index contributed by atoms with van der Waals surface area (Å²) >= 11 is 0. The molecule has 2 fully saturated rings. The molecule has 0 spiro atoms. The van der Waals surface area contributed by atoms with Gasteiger partial charge in [0.15, 0.2) is 0 Å². The lowest BCUT2D eigenvalue weighted by molar-refractivity contribution is 0.0312. The summed E-state index contributed by atoms with van der Waals surface area (Å²) in [6.07, 6.45) is 6.61. The maximum absolute atomic E-state index is 9.20. The molecule has 2 saturated heterocycles. The van der Waals surface area contributed by atoms with E-state index in [2.05, 4.69) is 4.90 Å². The zero-order valence-corrected chi connectivity index (χ0v) is 7.71. The Bertz CT molecular complexity index is 140. The van der Waals surface area contributed by atoms with Gasteiger partial charge in [0.05, 0.1) is 0 Å². The Morgan fingerprint density at radius 2 is 1.92 bits per heavy atom. The molecule has 12 heavy (non-hydrogen) atoms. The number of rotatable bonds is 1. The summed E-state index contributed by atoms with van der Waals surface area (Å²) < 4.78 is 0. The van der Waals surface area contributed by atoms with E-state index in [9.17, 15) is 5.11 Å². The first kappa shape index (κ1) is 8.52. The van der Waals surface area contributed by atoms with Crippen molar-refractivity contribution in [3.8, 4) is 0 Å². The van der Waals surface area contributed by atoms with E-state index in [-0.39, 0.29) is 0 Å². The molecule has 2 nitrogen and oxygen atoms in total. The standard InChI is InChI=1S/C10H19NO/c12-8-9-4-3-7-11-6-2-1-5-10(9)11/h9-10,12H,1-8H2/t9-,10-/m0/s1. The van der Waals surface area contributed by atoms with Crippen molar-refractivity contribution in [3.63, 3.8) is 0 Å². The maximum atomic E-state index is 9.20. The molecule has 0 bridgehead atoms. The van der Waals surface area contributed by atoms with E-state index in [1.54, 1.807) is 0 Å². The molecule has 2 rings (SSSR count). The summed E-state index contributed by atoms with van der Waals surface area (Å²) in [5, 5.41) is 9.20. The third-order valence-electron chi connectivity index (χ3n) is 3.46. The highest BCUT2D eigenvalue weighted by atomic mass is 16.3. The summed E-state index contributed by atoms with van der Waals surface area (Å²) in [6.45, 7) is 2.96. The molecule has 1 N–H and O–H groups in total. The molecule has 2 aliphatic rings. The van der Waals surface area contributed by atoms with E-state index in [1.165, 1.54) is 45.2 Å². The second kappa shape index (κ2) is 3.75. The minimum absolute atomic E-state index is 0.404. The molecule has 0 aromatic rings. The molecule has 2 aliphatic heterocycles. The van der Waals surface area contributed by atoms with E-state index in [1.807, 2.05) is 0 Å². The Kier molecular flexibility index (Phi) is 2.66. The normalized spacial score (nSPS) is 37.8. The van der Waals surface area contributed by atoms with E-state index in [4.69, 9.17) is 0 Å². The molecule has 0 amide bonds. The molecule has 0 radical (unpaired) electrons. The SMILES string of the molecule is OC[C@@H]1CCCN2CCCC[C@@H]12. The lowest BCUT2D eigenvalue weighted by Crippen LogP contribution is -2.48. The van der Waals surface area contributed by atoms with Crippen LogP contribution in [0.15, 0.2) is 0 Å². The van der Waals surface area contributed by atoms with Gasteiger partial charge in [0.25, 0.3) is 0 Å². The van der Waals surface area contributed by atoms with Crippen molar-refractivity contribution < 1.29 is 5.11 Å². The fraction of sp³-hybridized carbons (Fsp3) is 1.00. The lowest BCUT2D eigenvalue weighted by atomic mass is 9.84. The van der Waals surface area contributed by atoms with E-state index < -0.39 is 0 Å². The van der Waals surface area contributed by atoms with Gasteiger partial charge in [-0.15, -0.1) is 0 Å². The fourth-order valence-electron chi connectivity index (χ4n) is 2.79. The Labute approximate surface area is 74.6 Å².